The number of piperidine rings is 1. The summed E-state index contributed by atoms with van der Waals surface area (Å²) in [5, 5.41) is 18.1. The van der Waals surface area contributed by atoms with E-state index in [4.69, 9.17) is 14.6 Å². The maximum atomic E-state index is 14.6. The molecule has 3 aromatic heterocycles. The van der Waals surface area contributed by atoms with Crippen molar-refractivity contribution >= 4 is 33.4 Å². The predicted octanol–water partition coefficient (Wildman–Crippen LogP) is 4.44. The van der Waals surface area contributed by atoms with Gasteiger partial charge in [0.1, 0.15) is 4.83 Å². The van der Waals surface area contributed by atoms with E-state index >= 15 is 0 Å². The minimum Gasteiger partial charge on any atom is -0.475 e. The number of aliphatic carboxylic acids is 1. The quantitative estimate of drug-likeness (QED) is 0.371. The second-order valence-corrected chi connectivity index (χ2v) is 8.87. The molecular formula is C23H18F5N5O4S. The van der Waals surface area contributed by atoms with E-state index in [1.54, 1.807) is 36.4 Å². The number of rotatable bonds is 4. The van der Waals surface area contributed by atoms with Crippen LogP contribution in [0.4, 0.5) is 22.0 Å². The lowest BCUT2D eigenvalue weighted by Gasteiger charge is -2.38. The molecule has 4 aromatic rings. The summed E-state index contributed by atoms with van der Waals surface area (Å²) in [5.74, 6) is -6.09. The van der Waals surface area contributed by atoms with E-state index in [1.807, 2.05) is 11.4 Å². The summed E-state index contributed by atoms with van der Waals surface area (Å²) in [6.45, 7) is -0.333. The molecule has 0 aliphatic carbocycles. The number of amides is 1. The van der Waals surface area contributed by atoms with Crippen molar-refractivity contribution in [1.29, 1.82) is 0 Å². The Morgan fingerprint density at radius 2 is 1.76 bits per heavy atom. The van der Waals surface area contributed by atoms with Gasteiger partial charge in [0.2, 0.25) is 5.88 Å². The van der Waals surface area contributed by atoms with Gasteiger partial charge < -0.3 is 14.7 Å². The lowest BCUT2D eigenvalue weighted by molar-refractivity contribution is -0.192. The number of nitrogens with zero attached hydrogens (tertiary/aromatic N) is 5. The van der Waals surface area contributed by atoms with Gasteiger partial charge in [-0.1, -0.05) is 12.1 Å². The molecule has 1 N–H and O–H groups in total. The van der Waals surface area contributed by atoms with Crippen LogP contribution in [-0.2, 0) is 4.79 Å². The number of ether oxygens (including phenoxy) is 1. The van der Waals surface area contributed by atoms with E-state index in [0.717, 1.165) is 5.39 Å². The molecule has 1 unspecified atom stereocenters. The van der Waals surface area contributed by atoms with Gasteiger partial charge in [0, 0.05) is 24.4 Å². The summed E-state index contributed by atoms with van der Waals surface area (Å²) >= 11 is 1.41. The number of carboxylic acids is 1. The molecular weight excluding hydrogens is 537 g/mol. The van der Waals surface area contributed by atoms with Crippen molar-refractivity contribution in [1.82, 2.24) is 24.9 Å². The Morgan fingerprint density at radius 3 is 2.45 bits per heavy atom. The maximum absolute atomic E-state index is 14.6. The Labute approximate surface area is 215 Å². The summed E-state index contributed by atoms with van der Waals surface area (Å²) in [4.78, 5) is 29.8. The van der Waals surface area contributed by atoms with Crippen LogP contribution in [0.25, 0.3) is 15.9 Å². The average molecular weight is 555 g/mol. The topological polar surface area (TPSA) is 110 Å². The Balaban J connectivity index is 0.000000426. The van der Waals surface area contributed by atoms with Gasteiger partial charge >= 0.3 is 12.1 Å². The zero-order chi connectivity index (χ0) is 27.5. The number of aromatic nitrogens is 4. The molecule has 15 heteroatoms. The number of pyridine rings is 1. The number of likely N-dealkylation sites (tertiary alicyclic amines) is 1. The smallest absolute Gasteiger partial charge is 0.475 e. The largest absolute Gasteiger partial charge is 0.490 e. The molecule has 5 rings (SSSR count). The van der Waals surface area contributed by atoms with Gasteiger partial charge in [-0.15, -0.1) is 11.3 Å². The number of hydrogen-bond acceptors (Lipinski definition) is 7. The molecule has 1 aromatic carbocycles. The summed E-state index contributed by atoms with van der Waals surface area (Å²) < 4.78 is 66.6. The van der Waals surface area contributed by atoms with Crippen LogP contribution in [0.2, 0.25) is 0 Å². The third-order valence-corrected chi connectivity index (χ3v) is 6.25. The summed E-state index contributed by atoms with van der Waals surface area (Å²) in [5.41, 5.74) is 0.818. The first-order valence-corrected chi connectivity index (χ1v) is 11.8. The minimum absolute atomic E-state index is 0.0794. The number of benzene rings is 1. The normalized spacial score (nSPS) is 17.0. The lowest BCUT2D eigenvalue weighted by Crippen LogP contribution is -2.55. The van der Waals surface area contributed by atoms with Crippen LogP contribution in [0.5, 0.6) is 5.88 Å². The van der Waals surface area contributed by atoms with Crippen molar-refractivity contribution in [2.24, 2.45) is 0 Å². The first kappa shape index (κ1) is 26.9. The summed E-state index contributed by atoms with van der Waals surface area (Å²) in [6, 6.07) is 12.1. The van der Waals surface area contributed by atoms with Crippen molar-refractivity contribution in [2.75, 3.05) is 13.1 Å². The van der Waals surface area contributed by atoms with Crippen LogP contribution >= 0.6 is 11.3 Å². The standard InChI is InChI=1S/C21H17F2N5O2S.C2HF3O2/c22-21(23)8-11-27(13-17(21)30-18-6-5-14-7-12-31-19(14)26-18)20(29)15-3-1-2-4-16(15)28-24-9-10-25-28;3-2(4,5)1(6)7/h1-7,9-10,12,17H,8,11,13H2;(H,6,7). The number of para-hydroxylation sites is 1. The monoisotopic (exact) mass is 555 g/mol. The van der Waals surface area contributed by atoms with Crippen LogP contribution in [0.3, 0.4) is 0 Å². The summed E-state index contributed by atoms with van der Waals surface area (Å²) in [7, 11) is 0. The highest BCUT2D eigenvalue weighted by Gasteiger charge is 2.47. The first-order chi connectivity index (χ1) is 18.0. The Kier molecular flexibility index (Phi) is 7.57. The highest BCUT2D eigenvalue weighted by molar-refractivity contribution is 7.16. The second kappa shape index (κ2) is 10.7. The number of hydrogen-bond donors (Lipinski definition) is 1. The molecule has 1 aliphatic heterocycles. The van der Waals surface area contributed by atoms with Gasteiger partial charge in [0.15, 0.2) is 6.10 Å². The van der Waals surface area contributed by atoms with E-state index < -0.39 is 30.6 Å². The van der Waals surface area contributed by atoms with Gasteiger partial charge in [-0.25, -0.2) is 18.6 Å². The SMILES string of the molecule is O=C(O)C(F)(F)F.O=C(c1ccccc1-n1nccn1)N1CCC(F)(F)C(Oc2ccc3ccsc3n2)C1. The zero-order valence-corrected chi connectivity index (χ0v) is 20.0. The Morgan fingerprint density at radius 1 is 1.08 bits per heavy atom. The van der Waals surface area contributed by atoms with Gasteiger partial charge in [0.25, 0.3) is 11.8 Å². The molecule has 1 aliphatic rings. The van der Waals surface area contributed by atoms with Crippen LogP contribution in [0.15, 0.2) is 60.2 Å². The Hall–Kier alpha value is -4.14. The highest BCUT2D eigenvalue weighted by Crippen LogP contribution is 2.33. The van der Waals surface area contributed by atoms with Crippen LogP contribution < -0.4 is 4.74 Å². The van der Waals surface area contributed by atoms with Crippen molar-refractivity contribution in [3.05, 3.63) is 65.8 Å². The number of carbonyl (C=O) groups is 2. The second-order valence-electron chi connectivity index (χ2n) is 7.97. The zero-order valence-electron chi connectivity index (χ0n) is 19.2. The van der Waals surface area contributed by atoms with Gasteiger partial charge in [-0.2, -0.15) is 28.2 Å². The fraction of sp³-hybridized carbons (Fsp3) is 0.261. The van der Waals surface area contributed by atoms with Crippen molar-refractivity contribution in [3.63, 3.8) is 0 Å². The highest BCUT2D eigenvalue weighted by atomic mass is 32.1. The molecule has 4 heterocycles. The van der Waals surface area contributed by atoms with E-state index in [0.29, 0.717) is 16.1 Å². The first-order valence-electron chi connectivity index (χ1n) is 10.9. The van der Waals surface area contributed by atoms with Gasteiger partial charge in [-0.05, 0) is 29.6 Å². The lowest BCUT2D eigenvalue weighted by atomic mass is 10.0. The predicted molar refractivity (Wildman–Crippen MR) is 125 cm³/mol. The molecule has 0 radical (unpaired) electrons. The van der Waals surface area contributed by atoms with Crippen LogP contribution in [0, 0.1) is 0 Å². The third-order valence-electron chi connectivity index (χ3n) is 5.43. The third kappa shape index (κ3) is 6.04. The van der Waals surface area contributed by atoms with E-state index in [2.05, 4.69) is 15.2 Å². The number of alkyl halides is 5. The molecule has 9 nitrogen and oxygen atoms in total. The number of fused-ring (bicyclic) bond motifs is 1. The molecule has 1 saturated heterocycles. The van der Waals surface area contributed by atoms with Gasteiger partial charge in [-0.3, -0.25) is 4.79 Å². The number of thiophene rings is 1. The van der Waals surface area contributed by atoms with E-state index in [1.165, 1.54) is 33.4 Å². The fourth-order valence-corrected chi connectivity index (χ4v) is 4.31. The fourth-order valence-electron chi connectivity index (χ4n) is 3.56. The van der Waals surface area contributed by atoms with Crippen LogP contribution in [0.1, 0.15) is 16.8 Å². The van der Waals surface area contributed by atoms with Crippen molar-refractivity contribution in [2.45, 2.75) is 24.6 Å². The molecule has 200 valence electrons. The van der Waals surface area contributed by atoms with Crippen molar-refractivity contribution in [3.8, 4) is 11.6 Å². The van der Waals surface area contributed by atoms with E-state index in [9.17, 15) is 26.7 Å². The minimum atomic E-state index is -5.08. The maximum Gasteiger partial charge on any atom is 0.490 e. The molecule has 1 atom stereocenters. The van der Waals surface area contributed by atoms with Crippen LogP contribution in [-0.4, -0.2) is 73.2 Å². The number of carboxylic acid groups (broad SMARTS) is 1. The molecule has 1 amide bonds. The molecule has 0 saturated carbocycles. The number of halogens is 5. The average Bonchev–Trinajstić information content (AvgIpc) is 3.57. The molecule has 0 spiro atoms. The Bertz CT molecular complexity index is 1430. The summed E-state index contributed by atoms with van der Waals surface area (Å²) in [6.07, 6.45) is -4.06. The molecule has 0 bridgehead atoms. The van der Waals surface area contributed by atoms with Crippen molar-refractivity contribution < 1.29 is 41.4 Å². The molecule has 38 heavy (non-hydrogen) atoms. The van der Waals surface area contributed by atoms with Gasteiger partial charge in [0.05, 0.1) is 30.2 Å². The van der Waals surface area contributed by atoms with E-state index in [-0.39, 0.29) is 24.9 Å². The molecule has 1 fully saturated rings. The number of carbonyl (C=O) groups excluding carboxylic acids is 1.